The average Bonchev–Trinajstić information content (AvgIpc) is 2.62. The second-order valence-electron chi connectivity index (χ2n) is 6.38. The number of rotatable bonds is 7. The molecule has 0 saturated carbocycles. The van der Waals surface area contributed by atoms with Gasteiger partial charge < -0.3 is 10.6 Å². The van der Waals surface area contributed by atoms with Crippen molar-refractivity contribution < 1.29 is 0 Å². The number of aryl methyl sites for hydroxylation is 2. The third-order valence-electron chi connectivity index (χ3n) is 4.54. The van der Waals surface area contributed by atoms with Crippen LogP contribution in [0.2, 0.25) is 0 Å². The minimum absolute atomic E-state index is 0.649. The van der Waals surface area contributed by atoms with Crippen molar-refractivity contribution >= 4 is 23.0 Å². The average molecular weight is 356 g/mol. The van der Waals surface area contributed by atoms with Crippen molar-refractivity contribution in [1.29, 1.82) is 0 Å². The third-order valence-corrected chi connectivity index (χ3v) is 4.79. The van der Waals surface area contributed by atoms with E-state index in [1.165, 1.54) is 22.3 Å². The number of hydrogen-bond donors (Lipinski definition) is 2. The molecule has 4 heteroatoms. The van der Waals surface area contributed by atoms with Crippen LogP contribution in [0.4, 0.5) is 5.69 Å². The maximum Gasteiger partial charge on any atom is 0.171 e. The largest absolute Gasteiger partial charge is 0.358 e. The van der Waals surface area contributed by atoms with Gasteiger partial charge in [-0.25, -0.2) is 0 Å². The number of nitrogens with one attached hydrogen (secondary N) is 2. The van der Waals surface area contributed by atoms with E-state index < -0.39 is 0 Å². The Morgan fingerprint density at radius 2 is 1.56 bits per heavy atom. The lowest BCUT2D eigenvalue weighted by molar-refractivity contribution is 0.296. The van der Waals surface area contributed by atoms with Crippen molar-refractivity contribution in [3.63, 3.8) is 0 Å². The maximum atomic E-state index is 5.40. The lowest BCUT2D eigenvalue weighted by Gasteiger charge is -2.18. The molecule has 2 aromatic rings. The van der Waals surface area contributed by atoms with Gasteiger partial charge >= 0.3 is 0 Å². The molecule has 2 rings (SSSR count). The zero-order valence-electron chi connectivity index (χ0n) is 15.7. The molecule has 0 aromatic heterocycles. The summed E-state index contributed by atoms with van der Waals surface area (Å²) in [4.78, 5) is 2.41. The molecule has 0 unspecified atom stereocenters. The first-order chi connectivity index (χ1) is 12.0. The summed E-state index contributed by atoms with van der Waals surface area (Å²) >= 11 is 5.40. The van der Waals surface area contributed by atoms with Crippen LogP contribution in [0.1, 0.15) is 36.1 Å². The van der Waals surface area contributed by atoms with Crippen LogP contribution in [-0.2, 0) is 13.1 Å². The van der Waals surface area contributed by atoms with Crippen LogP contribution in [0.15, 0.2) is 42.5 Å². The molecule has 134 valence electrons. The van der Waals surface area contributed by atoms with E-state index in [1.54, 1.807) is 0 Å². The highest BCUT2D eigenvalue weighted by atomic mass is 32.1. The summed E-state index contributed by atoms with van der Waals surface area (Å²) in [6.45, 7) is 12.5. The maximum absolute atomic E-state index is 5.40. The van der Waals surface area contributed by atoms with E-state index in [-0.39, 0.29) is 0 Å². The smallest absolute Gasteiger partial charge is 0.171 e. The van der Waals surface area contributed by atoms with Gasteiger partial charge in [-0.3, -0.25) is 4.90 Å². The van der Waals surface area contributed by atoms with Gasteiger partial charge in [0.2, 0.25) is 0 Å². The molecule has 0 bridgehead atoms. The number of thiocarbonyl (C=S) groups is 1. The molecule has 0 amide bonds. The lowest BCUT2D eigenvalue weighted by atomic mass is 10.1. The van der Waals surface area contributed by atoms with Crippen LogP contribution in [0, 0.1) is 13.8 Å². The Balaban J connectivity index is 1.84. The summed E-state index contributed by atoms with van der Waals surface area (Å²) in [6, 6.07) is 15.0. The number of nitrogens with zero attached hydrogens (tertiary/aromatic N) is 1. The van der Waals surface area contributed by atoms with Crippen LogP contribution in [-0.4, -0.2) is 23.1 Å². The van der Waals surface area contributed by atoms with E-state index in [9.17, 15) is 0 Å². The van der Waals surface area contributed by atoms with Gasteiger partial charge in [0, 0.05) is 18.8 Å². The van der Waals surface area contributed by atoms with Gasteiger partial charge in [-0.2, -0.15) is 0 Å². The highest BCUT2D eigenvalue weighted by Gasteiger charge is 2.03. The van der Waals surface area contributed by atoms with Gasteiger partial charge in [-0.1, -0.05) is 44.2 Å². The summed E-state index contributed by atoms with van der Waals surface area (Å²) in [5, 5.41) is 7.17. The monoisotopic (exact) mass is 355 g/mol. The molecular formula is C21H29N3S. The van der Waals surface area contributed by atoms with Crippen LogP contribution in [0.25, 0.3) is 0 Å². The van der Waals surface area contributed by atoms with Crippen LogP contribution < -0.4 is 10.6 Å². The summed E-state index contributed by atoms with van der Waals surface area (Å²) in [5.41, 5.74) is 6.15. The molecule has 25 heavy (non-hydrogen) atoms. The van der Waals surface area contributed by atoms with E-state index in [1.807, 2.05) is 0 Å². The standard InChI is InChI=1S/C21H29N3S/c1-5-24(6-2)15-19-10-8-18(9-11-19)14-22-21(25)23-20-12-7-16(3)17(4)13-20/h7-13H,5-6,14-15H2,1-4H3,(H2,22,23,25). The van der Waals surface area contributed by atoms with Crippen molar-refractivity contribution in [1.82, 2.24) is 10.2 Å². The summed E-state index contributed by atoms with van der Waals surface area (Å²) in [6.07, 6.45) is 0. The predicted molar refractivity (Wildman–Crippen MR) is 112 cm³/mol. The van der Waals surface area contributed by atoms with Gasteiger partial charge in [0.05, 0.1) is 0 Å². The molecule has 2 N–H and O–H groups in total. The third kappa shape index (κ3) is 6.15. The first-order valence-corrected chi connectivity index (χ1v) is 9.35. The Kier molecular flexibility index (Phi) is 7.41. The molecule has 0 atom stereocenters. The van der Waals surface area contributed by atoms with Crippen LogP contribution in [0.3, 0.4) is 0 Å². The van der Waals surface area contributed by atoms with Crippen LogP contribution in [0.5, 0.6) is 0 Å². The van der Waals surface area contributed by atoms with Gasteiger partial charge in [0.1, 0.15) is 0 Å². The van der Waals surface area contributed by atoms with E-state index in [0.717, 1.165) is 31.9 Å². The van der Waals surface area contributed by atoms with Crippen molar-refractivity contribution in [3.8, 4) is 0 Å². The summed E-state index contributed by atoms with van der Waals surface area (Å²) in [5.74, 6) is 0. The number of hydrogen-bond acceptors (Lipinski definition) is 2. The zero-order chi connectivity index (χ0) is 18.2. The molecule has 0 saturated heterocycles. The SMILES string of the molecule is CCN(CC)Cc1ccc(CNC(=S)Nc2ccc(C)c(C)c2)cc1. The molecule has 0 radical (unpaired) electrons. The fourth-order valence-electron chi connectivity index (χ4n) is 2.64. The van der Waals surface area contributed by atoms with E-state index in [0.29, 0.717) is 5.11 Å². The molecular weight excluding hydrogens is 326 g/mol. The quantitative estimate of drug-likeness (QED) is 0.708. The topological polar surface area (TPSA) is 27.3 Å². The highest BCUT2D eigenvalue weighted by Crippen LogP contribution is 2.14. The lowest BCUT2D eigenvalue weighted by Crippen LogP contribution is -2.28. The Morgan fingerprint density at radius 1 is 0.920 bits per heavy atom. The molecule has 0 heterocycles. The first-order valence-electron chi connectivity index (χ1n) is 8.94. The summed E-state index contributed by atoms with van der Waals surface area (Å²) in [7, 11) is 0. The summed E-state index contributed by atoms with van der Waals surface area (Å²) < 4.78 is 0. The Bertz CT molecular complexity index is 691. The molecule has 0 spiro atoms. The normalized spacial score (nSPS) is 10.8. The molecule has 3 nitrogen and oxygen atoms in total. The fraction of sp³-hybridized carbons (Fsp3) is 0.381. The van der Waals surface area contributed by atoms with Crippen LogP contribution >= 0.6 is 12.2 Å². The molecule has 0 aliphatic carbocycles. The second kappa shape index (κ2) is 9.54. The zero-order valence-corrected chi connectivity index (χ0v) is 16.5. The van der Waals surface area contributed by atoms with Crippen molar-refractivity contribution in [2.24, 2.45) is 0 Å². The number of benzene rings is 2. The van der Waals surface area contributed by atoms with Crippen molar-refractivity contribution in [3.05, 3.63) is 64.7 Å². The molecule has 0 aliphatic heterocycles. The first kappa shape index (κ1) is 19.4. The van der Waals surface area contributed by atoms with Crippen molar-refractivity contribution in [2.75, 3.05) is 18.4 Å². The molecule has 0 fully saturated rings. The highest BCUT2D eigenvalue weighted by molar-refractivity contribution is 7.80. The van der Waals surface area contributed by atoms with Gasteiger partial charge in [0.15, 0.2) is 5.11 Å². The van der Waals surface area contributed by atoms with E-state index >= 15 is 0 Å². The van der Waals surface area contributed by atoms with E-state index in [2.05, 4.69) is 85.7 Å². The Labute approximate surface area is 157 Å². The molecule has 0 aliphatic rings. The minimum Gasteiger partial charge on any atom is -0.358 e. The van der Waals surface area contributed by atoms with Gasteiger partial charge in [-0.15, -0.1) is 0 Å². The second-order valence-corrected chi connectivity index (χ2v) is 6.79. The van der Waals surface area contributed by atoms with E-state index in [4.69, 9.17) is 12.2 Å². The Morgan fingerprint density at radius 3 is 2.16 bits per heavy atom. The predicted octanol–water partition coefficient (Wildman–Crippen LogP) is 4.63. The van der Waals surface area contributed by atoms with Crippen molar-refractivity contribution in [2.45, 2.75) is 40.8 Å². The number of anilines is 1. The molecule has 2 aromatic carbocycles. The van der Waals surface area contributed by atoms with Gasteiger partial charge in [-0.05, 0) is 73.5 Å². The van der Waals surface area contributed by atoms with Gasteiger partial charge in [0.25, 0.3) is 0 Å². The minimum atomic E-state index is 0.649. The fourth-order valence-corrected chi connectivity index (χ4v) is 2.83. The Hall–Kier alpha value is -1.91.